The molecule has 0 heterocycles. The van der Waals surface area contributed by atoms with Crippen LogP contribution in [0.3, 0.4) is 0 Å². The van der Waals surface area contributed by atoms with E-state index in [-0.39, 0.29) is 5.82 Å². The first-order valence-corrected chi connectivity index (χ1v) is 5.74. The second kappa shape index (κ2) is 5.84. The summed E-state index contributed by atoms with van der Waals surface area (Å²) in [4.78, 5) is 0. The molecule has 0 aliphatic heterocycles. The Morgan fingerprint density at radius 1 is 0.944 bits per heavy atom. The summed E-state index contributed by atoms with van der Waals surface area (Å²) in [7, 11) is 0. The van der Waals surface area contributed by atoms with Gasteiger partial charge in [-0.25, -0.2) is 4.39 Å². The van der Waals surface area contributed by atoms with Crippen LogP contribution < -0.4 is 0 Å². The van der Waals surface area contributed by atoms with Gasteiger partial charge in [0, 0.05) is 5.56 Å². The number of aryl methyl sites for hydroxylation is 1. The third kappa shape index (κ3) is 3.61. The monoisotopic (exact) mass is 236 g/mol. The SMILES string of the molecule is Cc1ccc(/C=C\C#Cc2ccc(F)cc2)cc1. The molecule has 2 rings (SSSR count). The van der Waals surface area contributed by atoms with Crippen LogP contribution in [0.4, 0.5) is 4.39 Å². The van der Waals surface area contributed by atoms with Crippen molar-refractivity contribution in [3.05, 3.63) is 77.1 Å². The summed E-state index contributed by atoms with van der Waals surface area (Å²) in [5, 5.41) is 0. The zero-order valence-electron chi connectivity index (χ0n) is 10.2. The number of allylic oxidation sites excluding steroid dienone is 1. The fourth-order valence-corrected chi connectivity index (χ4v) is 1.47. The van der Waals surface area contributed by atoms with Crippen LogP contribution in [0.25, 0.3) is 6.08 Å². The van der Waals surface area contributed by atoms with Crippen LogP contribution in [0.1, 0.15) is 16.7 Å². The van der Waals surface area contributed by atoms with Crippen LogP contribution in [0.5, 0.6) is 0 Å². The predicted octanol–water partition coefficient (Wildman–Crippen LogP) is 4.20. The molecule has 2 aromatic rings. The lowest BCUT2D eigenvalue weighted by atomic mass is 10.1. The summed E-state index contributed by atoms with van der Waals surface area (Å²) in [5.41, 5.74) is 3.17. The summed E-state index contributed by atoms with van der Waals surface area (Å²) < 4.78 is 12.7. The third-order valence-corrected chi connectivity index (χ3v) is 2.50. The molecule has 0 nitrogen and oxygen atoms in total. The molecule has 0 unspecified atom stereocenters. The lowest BCUT2D eigenvalue weighted by molar-refractivity contribution is 0.627. The number of hydrogen-bond acceptors (Lipinski definition) is 0. The number of halogens is 1. The van der Waals surface area contributed by atoms with Gasteiger partial charge in [0.25, 0.3) is 0 Å². The molecule has 0 N–H and O–H groups in total. The average Bonchev–Trinajstić information content (AvgIpc) is 2.39. The normalized spacial score (nSPS) is 10.1. The lowest BCUT2D eigenvalue weighted by Gasteiger charge is -1.92. The van der Waals surface area contributed by atoms with E-state index < -0.39 is 0 Å². The van der Waals surface area contributed by atoms with Crippen LogP contribution in [0.2, 0.25) is 0 Å². The Morgan fingerprint density at radius 3 is 2.28 bits per heavy atom. The summed E-state index contributed by atoms with van der Waals surface area (Å²) in [6.07, 6.45) is 3.75. The van der Waals surface area contributed by atoms with Crippen molar-refractivity contribution in [1.29, 1.82) is 0 Å². The van der Waals surface area contributed by atoms with E-state index in [1.54, 1.807) is 18.2 Å². The third-order valence-electron chi connectivity index (χ3n) is 2.50. The summed E-state index contributed by atoms with van der Waals surface area (Å²) in [6, 6.07) is 14.4. The maximum atomic E-state index is 12.7. The zero-order valence-corrected chi connectivity index (χ0v) is 10.2. The van der Waals surface area contributed by atoms with E-state index >= 15 is 0 Å². The molecule has 0 bridgehead atoms. The van der Waals surface area contributed by atoms with Crippen LogP contribution in [-0.2, 0) is 0 Å². The van der Waals surface area contributed by atoms with Crippen LogP contribution in [0, 0.1) is 24.6 Å². The van der Waals surface area contributed by atoms with Crippen molar-refractivity contribution in [1.82, 2.24) is 0 Å². The number of hydrogen-bond donors (Lipinski definition) is 0. The highest BCUT2D eigenvalue weighted by Gasteiger charge is 1.87. The molecule has 1 heteroatoms. The molecule has 0 aliphatic rings. The Hall–Kier alpha value is -2.33. The minimum atomic E-state index is -0.240. The molecule has 0 amide bonds. The quantitative estimate of drug-likeness (QED) is 0.651. The zero-order chi connectivity index (χ0) is 12.8. The molecule has 0 atom stereocenters. The van der Waals surface area contributed by atoms with Crippen molar-refractivity contribution in [2.24, 2.45) is 0 Å². The topological polar surface area (TPSA) is 0 Å². The Kier molecular flexibility index (Phi) is 3.94. The van der Waals surface area contributed by atoms with Crippen molar-refractivity contribution in [3.8, 4) is 11.8 Å². The second-order valence-corrected chi connectivity index (χ2v) is 4.02. The summed E-state index contributed by atoms with van der Waals surface area (Å²) in [6.45, 7) is 2.06. The Labute approximate surface area is 107 Å². The second-order valence-electron chi connectivity index (χ2n) is 4.02. The molecular formula is C17H13F. The minimum absolute atomic E-state index is 0.240. The summed E-state index contributed by atoms with van der Waals surface area (Å²) >= 11 is 0. The first kappa shape index (κ1) is 12.1. The Bertz CT molecular complexity index is 593. The largest absolute Gasteiger partial charge is 0.207 e. The van der Waals surface area contributed by atoms with Gasteiger partial charge in [-0.3, -0.25) is 0 Å². The predicted molar refractivity (Wildman–Crippen MR) is 73.5 cm³/mol. The molecule has 0 aromatic heterocycles. The van der Waals surface area contributed by atoms with E-state index in [9.17, 15) is 4.39 Å². The van der Waals surface area contributed by atoms with E-state index in [0.717, 1.165) is 11.1 Å². The average molecular weight is 236 g/mol. The first-order valence-electron chi connectivity index (χ1n) is 5.74. The molecule has 0 saturated heterocycles. The lowest BCUT2D eigenvalue weighted by Crippen LogP contribution is -1.75. The molecule has 0 spiro atoms. The molecular weight excluding hydrogens is 223 g/mol. The molecule has 0 aliphatic carbocycles. The molecule has 0 radical (unpaired) electrons. The van der Waals surface area contributed by atoms with Gasteiger partial charge in [-0.2, -0.15) is 0 Å². The maximum Gasteiger partial charge on any atom is 0.123 e. The van der Waals surface area contributed by atoms with Gasteiger partial charge in [-0.15, -0.1) is 0 Å². The standard InChI is InChI=1S/C17H13F/c1-14-6-8-15(9-7-14)4-2-3-5-16-10-12-17(18)13-11-16/h2,4,6-13H,1H3/b4-2-. The smallest absolute Gasteiger partial charge is 0.123 e. The van der Waals surface area contributed by atoms with Crippen molar-refractivity contribution in [2.45, 2.75) is 6.92 Å². The maximum absolute atomic E-state index is 12.7. The number of benzene rings is 2. The van der Waals surface area contributed by atoms with Gasteiger partial charge in [-0.05, 0) is 48.9 Å². The van der Waals surface area contributed by atoms with Crippen molar-refractivity contribution >= 4 is 6.08 Å². The highest BCUT2D eigenvalue weighted by atomic mass is 19.1. The van der Waals surface area contributed by atoms with Crippen molar-refractivity contribution in [3.63, 3.8) is 0 Å². The van der Waals surface area contributed by atoms with Gasteiger partial charge in [0.15, 0.2) is 0 Å². The van der Waals surface area contributed by atoms with Crippen LogP contribution in [-0.4, -0.2) is 0 Å². The molecule has 0 saturated carbocycles. The first-order chi connectivity index (χ1) is 8.74. The van der Waals surface area contributed by atoms with Crippen molar-refractivity contribution < 1.29 is 4.39 Å². The van der Waals surface area contributed by atoms with Gasteiger partial charge < -0.3 is 0 Å². The molecule has 2 aromatic carbocycles. The van der Waals surface area contributed by atoms with Gasteiger partial charge in [0.1, 0.15) is 5.82 Å². The molecule has 88 valence electrons. The van der Waals surface area contributed by atoms with E-state index in [1.807, 2.05) is 18.2 Å². The molecule has 18 heavy (non-hydrogen) atoms. The highest BCUT2D eigenvalue weighted by Crippen LogP contribution is 2.04. The Morgan fingerprint density at radius 2 is 1.61 bits per heavy atom. The minimum Gasteiger partial charge on any atom is -0.207 e. The van der Waals surface area contributed by atoms with E-state index in [1.165, 1.54) is 17.7 Å². The fourth-order valence-electron chi connectivity index (χ4n) is 1.47. The number of rotatable bonds is 1. The van der Waals surface area contributed by atoms with E-state index in [0.29, 0.717) is 0 Å². The van der Waals surface area contributed by atoms with Crippen LogP contribution in [0.15, 0.2) is 54.6 Å². The fraction of sp³-hybridized carbons (Fsp3) is 0.0588. The van der Waals surface area contributed by atoms with E-state index in [4.69, 9.17) is 0 Å². The van der Waals surface area contributed by atoms with Gasteiger partial charge >= 0.3 is 0 Å². The Balaban J connectivity index is 2.03. The van der Waals surface area contributed by atoms with E-state index in [2.05, 4.69) is 30.9 Å². The van der Waals surface area contributed by atoms with Gasteiger partial charge in [0.05, 0.1) is 0 Å². The van der Waals surface area contributed by atoms with Crippen LogP contribution >= 0.6 is 0 Å². The van der Waals surface area contributed by atoms with Gasteiger partial charge in [-0.1, -0.05) is 41.7 Å². The highest BCUT2D eigenvalue weighted by molar-refractivity contribution is 5.54. The van der Waals surface area contributed by atoms with Crippen molar-refractivity contribution in [2.75, 3.05) is 0 Å². The van der Waals surface area contributed by atoms with Gasteiger partial charge in [0.2, 0.25) is 0 Å². The molecule has 0 fully saturated rings. The summed E-state index contributed by atoms with van der Waals surface area (Å²) in [5.74, 6) is 5.64.